The van der Waals surface area contributed by atoms with Crippen molar-refractivity contribution in [1.82, 2.24) is 0 Å². The summed E-state index contributed by atoms with van der Waals surface area (Å²) in [5.74, 6) is 0. The molecule has 0 radical (unpaired) electrons. The minimum Gasteiger partial charge on any atom is -0.317 e. The smallest absolute Gasteiger partial charge is 0.0705 e. The number of hydrogen-bond donors (Lipinski definition) is 1. The van der Waals surface area contributed by atoms with Crippen molar-refractivity contribution in [2.75, 3.05) is 6.16 Å². The predicted octanol–water partition coefficient (Wildman–Crippen LogP) is 5.97. The molecule has 0 aliphatic heterocycles. The molecule has 0 fully saturated rings. The molecule has 0 aliphatic rings. The van der Waals surface area contributed by atoms with Gasteiger partial charge in [-0.3, -0.25) is 0 Å². The summed E-state index contributed by atoms with van der Waals surface area (Å²) in [7, 11) is -0.303. The van der Waals surface area contributed by atoms with Crippen LogP contribution < -0.4 is 5.73 Å². The number of rotatable bonds is 4. The van der Waals surface area contributed by atoms with Crippen molar-refractivity contribution >= 4 is 7.92 Å². The van der Waals surface area contributed by atoms with E-state index in [1.165, 1.54) is 11.1 Å². The fourth-order valence-corrected chi connectivity index (χ4v) is 7.38. The standard InChI is InChI=1S/C22H32NP/c1-20(2,3)24(21(4,5)6)17-22(23,18-13-9-7-10-14-18)19-15-11-8-12-16-19/h7-16H,17,23H2,1-6H3. The number of hydrogen-bond acceptors (Lipinski definition) is 1. The van der Waals surface area contributed by atoms with Crippen LogP contribution in [0.5, 0.6) is 0 Å². The summed E-state index contributed by atoms with van der Waals surface area (Å²) in [6, 6.07) is 21.2. The summed E-state index contributed by atoms with van der Waals surface area (Å²) in [5, 5.41) is 0.504. The lowest BCUT2D eigenvalue weighted by molar-refractivity contribution is 0.589. The molecular formula is C22H32NP. The third kappa shape index (κ3) is 4.26. The fraction of sp³-hybridized carbons (Fsp3) is 0.455. The Hall–Kier alpha value is -1.17. The number of benzene rings is 2. The first-order valence-electron chi connectivity index (χ1n) is 8.73. The third-order valence-corrected chi connectivity index (χ3v) is 8.66. The predicted molar refractivity (Wildman–Crippen MR) is 109 cm³/mol. The Kier molecular flexibility index (Phi) is 5.57. The minimum absolute atomic E-state index is 0.252. The number of nitrogens with two attached hydrogens (primary N) is 1. The van der Waals surface area contributed by atoms with Crippen LogP contribution in [0.15, 0.2) is 60.7 Å². The van der Waals surface area contributed by atoms with Gasteiger partial charge in [0.2, 0.25) is 0 Å². The molecular weight excluding hydrogens is 309 g/mol. The maximum absolute atomic E-state index is 7.15. The van der Waals surface area contributed by atoms with Gasteiger partial charge in [0.15, 0.2) is 0 Å². The molecule has 0 aliphatic carbocycles. The molecule has 0 bridgehead atoms. The molecule has 130 valence electrons. The van der Waals surface area contributed by atoms with E-state index in [0.29, 0.717) is 0 Å². The van der Waals surface area contributed by atoms with Crippen molar-refractivity contribution < 1.29 is 0 Å². The van der Waals surface area contributed by atoms with Gasteiger partial charge in [0.25, 0.3) is 0 Å². The van der Waals surface area contributed by atoms with E-state index in [0.717, 1.165) is 6.16 Å². The van der Waals surface area contributed by atoms with Crippen LogP contribution >= 0.6 is 7.92 Å². The van der Waals surface area contributed by atoms with E-state index in [9.17, 15) is 0 Å². The molecule has 24 heavy (non-hydrogen) atoms. The Balaban J connectivity index is 2.56. The molecule has 1 nitrogen and oxygen atoms in total. The van der Waals surface area contributed by atoms with Crippen LogP contribution in [0, 0.1) is 0 Å². The third-order valence-electron chi connectivity index (χ3n) is 4.60. The van der Waals surface area contributed by atoms with Gasteiger partial charge in [-0.2, -0.15) is 0 Å². The molecule has 0 spiro atoms. The molecule has 0 saturated heterocycles. The van der Waals surface area contributed by atoms with Gasteiger partial charge in [-0.15, -0.1) is 0 Å². The van der Waals surface area contributed by atoms with Crippen LogP contribution in [0.2, 0.25) is 0 Å². The summed E-state index contributed by atoms with van der Waals surface area (Å²) in [6.45, 7) is 14.2. The molecule has 0 amide bonds. The van der Waals surface area contributed by atoms with E-state index in [2.05, 4.69) is 102 Å². The fourth-order valence-electron chi connectivity index (χ4n) is 3.55. The average Bonchev–Trinajstić information content (AvgIpc) is 2.52. The van der Waals surface area contributed by atoms with Crippen molar-refractivity contribution in [3.05, 3.63) is 71.8 Å². The Morgan fingerprint density at radius 3 is 1.29 bits per heavy atom. The van der Waals surface area contributed by atoms with Crippen molar-refractivity contribution in [3.8, 4) is 0 Å². The van der Waals surface area contributed by atoms with Gasteiger partial charge in [-0.25, -0.2) is 0 Å². The van der Waals surface area contributed by atoms with Crippen LogP contribution in [0.25, 0.3) is 0 Å². The second kappa shape index (κ2) is 6.98. The summed E-state index contributed by atoms with van der Waals surface area (Å²) >= 11 is 0. The Labute approximate surface area is 149 Å². The lowest BCUT2D eigenvalue weighted by atomic mass is 9.85. The Morgan fingerprint density at radius 1 is 0.667 bits per heavy atom. The zero-order chi connectivity index (χ0) is 18.0. The average molecular weight is 341 g/mol. The van der Waals surface area contributed by atoms with Gasteiger partial charge < -0.3 is 5.73 Å². The Bertz CT molecular complexity index is 582. The molecule has 0 saturated carbocycles. The second-order valence-electron chi connectivity index (χ2n) is 8.63. The summed E-state index contributed by atoms with van der Waals surface area (Å²) in [6.07, 6.45) is 0.989. The van der Waals surface area contributed by atoms with Crippen LogP contribution in [0.4, 0.5) is 0 Å². The van der Waals surface area contributed by atoms with Crippen molar-refractivity contribution in [1.29, 1.82) is 0 Å². The van der Waals surface area contributed by atoms with Gasteiger partial charge in [0, 0.05) is 0 Å². The monoisotopic (exact) mass is 341 g/mol. The summed E-state index contributed by atoms with van der Waals surface area (Å²) < 4.78 is 0. The van der Waals surface area contributed by atoms with Crippen LogP contribution in [-0.2, 0) is 5.54 Å². The Morgan fingerprint density at radius 2 is 1.00 bits per heavy atom. The SMILES string of the molecule is CC(C)(C)P(CC(N)(c1ccccc1)c1ccccc1)C(C)(C)C. The molecule has 2 aromatic rings. The van der Waals surface area contributed by atoms with Gasteiger partial charge >= 0.3 is 0 Å². The van der Waals surface area contributed by atoms with E-state index in [4.69, 9.17) is 5.73 Å². The van der Waals surface area contributed by atoms with Crippen molar-refractivity contribution in [3.63, 3.8) is 0 Å². The molecule has 2 heteroatoms. The first kappa shape index (κ1) is 19.2. The summed E-state index contributed by atoms with van der Waals surface area (Å²) in [4.78, 5) is 0. The largest absolute Gasteiger partial charge is 0.317 e. The van der Waals surface area contributed by atoms with Crippen LogP contribution in [0.1, 0.15) is 52.7 Å². The molecule has 2 N–H and O–H groups in total. The molecule has 0 atom stereocenters. The van der Waals surface area contributed by atoms with Crippen molar-refractivity contribution in [2.24, 2.45) is 5.73 Å². The summed E-state index contributed by atoms with van der Waals surface area (Å²) in [5.41, 5.74) is 9.11. The van der Waals surface area contributed by atoms with Gasteiger partial charge in [0.05, 0.1) is 5.54 Å². The highest BCUT2D eigenvalue weighted by atomic mass is 31.1. The van der Waals surface area contributed by atoms with Gasteiger partial charge in [0.1, 0.15) is 0 Å². The maximum Gasteiger partial charge on any atom is 0.0705 e. The zero-order valence-electron chi connectivity index (χ0n) is 16.0. The second-order valence-corrected chi connectivity index (χ2v) is 12.5. The van der Waals surface area contributed by atoms with Gasteiger partial charge in [-0.05, 0) is 27.6 Å². The molecule has 0 aromatic heterocycles. The minimum atomic E-state index is -0.450. The first-order chi connectivity index (χ1) is 11.0. The lowest BCUT2D eigenvalue weighted by Gasteiger charge is -2.46. The topological polar surface area (TPSA) is 26.0 Å². The normalized spacial score (nSPS) is 13.3. The highest BCUT2D eigenvalue weighted by molar-refractivity contribution is 7.60. The van der Waals surface area contributed by atoms with Crippen molar-refractivity contribution in [2.45, 2.75) is 57.4 Å². The molecule has 2 aromatic carbocycles. The quantitative estimate of drug-likeness (QED) is 0.681. The highest BCUT2D eigenvalue weighted by Gasteiger charge is 2.41. The first-order valence-corrected chi connectivity index (χ1v) is 10.3. The van der Waals surface area contributed by atoms with E-state index in [1.54, 1.807) is 0 Å². The molecule has 0 heterocycles. The lowest BCUT2D eigenvalue weighted by Crippen LogP contribution is -2.44. The molecule has 2 rings (SSSR count). The van der Waals surface area contributed by atoms with Crippen LogP contribution in [0.3, 0.4) is 0 Å². The van der Waals surface area contributed by atoms with E-state index in [-0.39, 0.29) is 18.2 Å². The van der Waals surface area contributed by atoms with E-state index >= 15 is 0 Å². The van der Waals surface area contributed by atoms with E-state index in [1.807, 2.05) is 0 Å². The van der Waals surface area contributed by atoms with Gasteiger partial charge in [-0.1, -0.05) is 110 Å². The maximum atomic E-state index is 7.15. The van der Waals surface area contributed by atoms with E-state index < -0.39 is 5.54 Å². The van der Waals surface area contributed by atoms with Crippen LogP contribution in [-0.4, -0.2) is 16.5 Å². The molecule has 0 unspecified atom stereocenters. The highest BCUT2D eigenvalue weighted by Crippen LogP contribution is 2.61. The zero-order valence-corrected chi connectivity index (χ0v) is 16.9.